The summed E-state index contributed by atoms with van der Waals surface area (Å²) >= 11 is 0. The van der Waals surface area contributed by atoms with Crippen LogP contribution < -0.4 is 0 Å². The Balaban J connectivity index is 1.59. The van der Waals surface area contributed by atoms with Gasteiger partial charge in [0.25, 0.3) is 0 Å². The topological polar surface area (TPSA) is 40.6 Å². The maximum atomic E-state index is 13.3. The number of aryl methyl sites for hydroxylation is 1. The summed E-state index contributed by atoms with van der Waals surface area (Å²) in [5.41, 5.74) is 2.09. The van der Waals surface area contributed by atoms with Crippen LogP contribution in [0.5, 0.6) is 0 Å². The maximum Gasteiger partial charge on any atom is 0.243 e. The molecule has 146 valence electrons. The number of benzene rings is 2. The summed E-state index contributed by atoms with van der Waals surface area (Å²) in [6.07, 6.45) is 3.22. The van der Waals surface area contributed by atoms with Gasteiger partial charge in [-0.3, -0.25) is 4.90 Å². The summed E-state index contributed by atoms with van der Waals surface area (Å²) in [6.45, 7) is 4.98. The van der Waals surface area contributed by atoms with Crippen molar-refractivity contribution in [3.63, 3.8) is 0 Å². The van der Waals surface area contributed by atoms with E-state index in [-0.39, 0.29) is 5.82 Å². The summed E-state index contributed by atoms with van der Waals surface area (Å²) in [4.78, 5) is 2.52. The third-order valence-electron chi connectivity index (χ3n) is 5.01. The molecule has 1 heterocycles. The van der Waals surface area contributed by atoms with Crippen LogP contribution in [0.4, 0.5) is 4.39 Å². The molecule has 0 radical (unpaired) electrons. The van der Waals surface area contributed by atoms with Crippen molar-refractivity contribution in [2.75, 3.05) is 26.2 Å². The molecular formula is C21H27FN2O2S. The van der Waals surface area contributed by atoms with Crippen LogP contribution in [0.3, 0.4) is 0 Å². The van der Waals surface area contributed by atoms with E-state index in [1.54, 1.807) is 22.5 Å². The highest BCUT2D eigenvalue weighted by atomic mass is 32.2. The molecule has 1 aliphatic heterocycles. The highest BCUT2D eigenvalue weighted by Gasteiger charge is 2.28. The monoisotopic (exact) mass is 390 g/mol. The van der Waals surface area contributed by atoms with E-state index in [1.807, 2.05) is 18.2 Å². The molecule has 0 spiro atoms. The van der Waals surface area contributed by atoms with Crippen molar-refractivity contribution in [3.05, 3.63) is 65.5 Å². The third-order valence-corrected chi connectivity index (χ3v) is 6.92. The van der Waals surface area contributed by atoms with Gasteiger partial charge in [-0.15, -0.1) is 0 Å². The molecule has 2 aromatic carbocycles. The van der Waals surface area contributed by atoms with Crippen molar-refractivity contribution in [3.8, 4) is 0 Å². The Hall–Kier alpha value is -1.76. The van der Waals surface area contributed by atoms with Gasteiger partial charge in [0.05, 0.1) is 4.90 Å². The van der Waals surface area contributed by atoms with Crippen LogP contribution in [0.1, 0.15) is 30.9 Å². The minimum absolute atomic E-state index is 0.240. The summed E-state index contributed by atoms with van der Waals surface area (Å²) in [5, 5.41) is 0. The van der Waals surface area contributed by atoms with Crippen LogP contribution in [0.15, 0.2) is 53.4 Å². The first kappa shape index (κ1) is 20.0. The molecule has 2 aromatic rings. The molecule has 0 unspecified atom stereocenters. The second kappa shape index (κ2) is 8.95. The van der Waals surface area contributed by atoms with Crippen LogP contribution in [0.2, 0.25) is 0 Å². The molecule has 1 aliphatic rings. The van der Waals surface area contributed by atoms with Gasteiger partial charge >= 0.3 is 0 Å². The summed E-state index contributed by atoms with van der Waals surface area (Å²) in [6, 6.07) is 13.8. The zero-order valence-electron chi connectivity index (χ0n) is 15.8. The van der Waals surface area contributed by atoms with Crippen LogP contribution >= 0.6 is 0 Å². The highest BCUT2D eigenvalue weighted by molar-refractivity contribution is 7.89. The van der Waals surface area contributed by atoms with Crippen LogP contribution in [-0.2, 0) is 23.0 Å². The highest BCUT2D eigenvalue weighted by Crippen LogP contribution is 2.20. The van der Waals surface area contributed by atoms with Gasteiger partial charge in [-0.05, 0) is 48.2 Å². The molecule has 0 saturated carbocycles. The zero-order valence-corrected chi connectivity index (χ0v) is 16.6. The molecule has 1 fully saturated rings. The molecule has 0 N–H and O–H groups in total. The van der Waals surface area contributed by atoms with Crippen molar-refractivity contribution >= 4 is 10.0 Å². The predicted octanol–water partition coefficient (Wildman–Crippen LogP) is 3.67. The summed E-state index contributed by atoms with van der Waals surface area (Å²) < 4.78 is 40.6. The molecule has 6 heteroatoms. The van der Waals surface area contributed by atoms with Crippen molar-refractivity contribution in [1.82, 2.24) is 9.21 Å². The number of piperazine rings is 1. The number of unbranched alkanes of at least 4 members (excludes halogenated alkanes) is 1. The van der Waals surface area contributed by atoms with Gasteiger partial charge in [-0.25, -0.2) is 12.8 Å². The van der Waals surface area contributed by atoms with Gasteiger partial charge in [0.2, 0.25) is 10.0 Å². The molecule has 0 atom stereocenters. The molecule has 0 aromatic heterocycles. The predicted molar refractivity (Wildman–Crippen MR) is 105 cm³/mol. The quantitative estimate of drug-likeness (QED) is 0.724. The third kappa shape index (κ3) is 5.15. The second-order valence-electron chi connectivity index (χ2n) is 7.06. The van der Waals surface area contributed by atoms with Gasteiger partial charge in [0.1, 0.15) is 5.82 Å². The van der Waals surface area contributed by atoms with E-state index < -0.39 is 10.0 Å². The van der Waals surface area contributed by atoms with E-state index in [2.05, 4.69) is 11.8 Å². The lowest BCUT2D eigenvalue weighted by Gasteiger charge is -2.34. The van der Waals surface area contributed by atoms with E-state index in [4.69, 9.17) is 0 Å². The molecule has 27 heavy (non-hydrogen) atoms. The van der Waals surface area contributed by atoms with Gasteiger partial charge in [-0.2, -0.15) is 4.31 Å². The van der Waals surface area contributed by atoms with Gasteiger partial charge in [-0.1, -0.05) is 37.6 Å². The van der Waals surface area contributed by atoms with Crippen LogP contribution in [-0.4, -0.2) is 43.8 Å². The van der Waals surface area contributed by atoms with Gasteiger partial charge in [0.15, 0.2) is 0 Å². The first-order valence-corrected chi connectivity index (χ1v) is 11.0. The van der Waals surface area contributed by atoms with E-state index in [9.17, 15) is 12.8 Å². The smallest absolute Gasteiger partial charge is 0.243 e. The minimum Gasteiger partial charge on any atom is -0.296 e. The molecule has 0 aliphatic carbocycles. The molecule has 3 rings (SSSR count). The van der Waals surface area contributed by atoms with Crippen molar-refractivity contribution in [1.29, 1.82) is 0 Å². The molecule has 1 saturated heterocycles. The van der Waals surface area contributed by atoms with E-state index in [0.29, 0.717) is 37.6 Å². The fourth-order valence-electron chi connectivity index (χ4n) is 3.38. The fourth-order valence-corrected chi connectivity index (χ4v) is 4.80. The molecule has 4 nitrogen and oxygen atoms in total. The normalized spacial score (nSPS) is 16.5. The van der Waals surface area contributed by atoms with Crippen molar-refractivity contribution < 1.29 is 12.8 Å². The van der Waals surface area contributed by atoms with E-state index >= 15 is 0 Å². The Morgan fingerprint density at radius 2 is 1.67 bits per heavy atom. The van der Waals surface area contributed by atoms with Gasteiger partial charge < -0.3 is 0 Å². The lowest BCUT2D eigenvalue weighted by atomic mass is 10.1. The van der Waals surface area contributed by atoms with Crippen LogP contribution in [0, 0.1) is 5.82 Å². The fraction of sp³-hybridized carbons (Fsp3) is 0.429. The van der Waals surface area contributed by atoms with Gasteiger partial charge in [0, 0.05) is 32.7 Å². The molecule has 0 bridgehead atoms. The zero-order chi connectivity index (χ0) is 19.3. The number of nitrogens with zero attached hydrogens (tertiary/aromatic N) is 2. The largest absolute Gasteiger partial charge is 0.296 e. The Bertz CT molecular complexity index is 845. The van der Waals surface area contributed by atoms with Crippen molar-refractivity contribution in [2.45, 2.75) is 37.6 Å². The standard InChI is InChI=1S/C21H27FN2O2S/c1-2-3-5-18-8-10-21(11-9-18)27(25,26)24-14-12-23(13-15-24)17-19-6-4-7-20(22)16-19/h4,6-11,16H,2-3,5,12-15,17H2,1H3. The number of hydrogen-bond donors (Lipinski definition) is 0. The number of rotatable bonds is 7. The first-order valence-electron chi connectivity index (χ1n) is 9.55. The molecular weight excluding hydrogens is 363 g/mol. The SMILES string of the molecule is CCCCc1ccc(S(=O)(=O)N2CCN(Cc3cccc(F)c3)CC2)cc1. The number of halogens is 1. The average molecular weight is 391 g/mol. The lowest BCUT2D eigenvalue weighted by Crippen LogP contribution is -2.48. The Morgan fingerprint density at radius 1 is 0.963 bits per heavy atom. The lowest BCUT2D eigenvalue weighted by molar-refractivity contribution is 0.181. The second-order valence-corrected chi connectivity index (χ2v) is 9.00. The van der Waals surface area contributed by atoms with E-state index in [1.165, 1.54) is 17.7 Å². The Labute approximate surface area is 161 Å². The average Bonchev–Trinajstić information content (AvgIpc) is 2.67. The first-order chi connectivity index (χ1) is 13.0. The van der Waals surface area contributed by atoms with E-state index in [0.717, 1.165) is 24.8 Å². The molecule has 0 amide bonds. The number of hydrogen-bond acceptors (Lipinski definition) is 3. The summed E-state index contributed by atoms with van der Waals surface area (Å²) in [5.74, 6) is -0.240. The minimum atomic E-state index is -3.46. The number of sulfonamides is 1. The summed E-state index contributed by atoms with van der Waals surface area (Å²) in [7, 11) is -3.46. The Kier molecular flexibility index (Phi) is 6.63. The van der Waals surface area contributed by atoms with Crippen molar-refractivity contribution in [2.24, 2.45) is 0 Å². The Morgan fingerprint density at radius 3 is 2.30 bits per heavy atom. The van der Waals surface area contributed by atoms with Crippen LogP contribution in [0.25, 0.3) is 0 Å². The maximum absolute atomic E-state index is 13.3.